The number of carbonyl (C=O) groups excluding carboxylic acids is 2. The van der Waals surface area contributed by atoms with Gasteiger partial charge in [-0.1, -0.05) is 262 Å². The van der Waals surface area contributed by atoms with Crippen LogP contribution in [-0.4, -0.2) is 88.4 Å². The molecular formula is C62H110O11. The number of carbonyl (C=O) groups is 3. The van der Waals surface area contributed by atoms with Crippen molar-refractivity contribution < 1.29 is 53.8 Å². The predicted molar refractivity (Wildman–Crippen MR) is 298 cm³/mol. The molecule has 0 bridgehead atoms. The lowest BCUT2D eigenvalue weighted by molar-refractivity contribution is -0.298. The lowest BCUT2D eigenvalue weighted by Gasteiger charge is -2.38. The Morgan fingerprint density at radius 1 is 0.438 bits per heavy atom. The lowest BCUT2D eigenvalue weighted by Crippen LogP contribution is -2.60. The van der Waals surface area contributed by atoms with E-state index < -0.39 is 54.7 Å². The number of aliphatic hydroxyl groups excluding tert-OH is 3. The van der Waals surface area contributed by atoms with Crippen molar-refractivity contribution in [3.8, 4) is 0 Å². The summed E-state index contributed by atoms with van der Waals surface area (Å²) in [6, 6.07) is 0. The molecule has 6 unspecified atom stereocenters. The van der Waals surface area contributed by atoms with Crippen LogP contribution in [-0.2, 0) is 33.3 Å². The SMILES string of the molecule is CC/C=C\C/C=C\C/C=C\C/C=C\CCCCCCCCCCCCC(=O)OCC(COC1OC(C(=O)O)C(O)C(O)C1O)OC(=O)CCCCCCCCCCCCCCCCCCCCCCCCCC. The molecule has 0 saturated carbocycles. The fraction of sp³-hybridized carbons (Fsp3) is 0.823. The summed E-state index contributed by atoms with van der Waals surface area (Å²) in [5.74, 6) is -2.43. The Bertz CT molecular complexity index is 1390. The number of esters is 2. The molecule has 0 aromatic rings. The minimum Gasteiger partial charge on any atom is -0.479 e. The van der Waals surface area contributed by atoms with Crippen LogP contribution in [0.3, 0.4) is 0 Å². The van der Waals surface area contributed by atoms with Crippen molar-refractivity contribution in [2.75, 3.05) is 13.2 Å². The van der Waals surface area contributed by atoms with Crippen LogP contribution >= 0.6 is 0 Å². The zero-order valence-electron chi connectivity index (χ0n) is 46.6. The van der Waals surface area contributed by atoms with Gasteiger partial charge in [0, 0.05) is 12.8 Å². The topological polar surface area (TPSA) is 169 Å². The fourth-order valence-electron chi connectivity index (χ4n) is 9.29. The normalized spacial score (nSPS) is 18.7. The summed E-state index contributed by atoms with van der Waals surface area (Å²) >= 11 is 0. The number of allylic oxidation sites excluding steroid dienone is 8. The van der Waals surface area contributed by atoms with Gasteiger partial charge in [0.1, 0.15) is 24.9 Å². The standard InChI is InChI=1S/C62H110O11/c1-3-5-7-9-11-13-15-17-19-21-23-25-27-29-31-33-35-37-39-41-43-45-47-49-51-56(64)72-54(53-71-62-59(67)57(65)58(66)60(73-62)61(68)69)52-70-55(63)50-48-46-44-42-40-38-36-34-32-30-28-26-24-22-20-18-16-14-12-10-8-6-4-2/h6,8,12,14,18,20,24,26,54,57-60,62,65-67H,3-5,7,9-11,13,15-17,19,21-23,25,27-53H2,1-2H3,(H,68,69)/b8-6-,14-12-,20-18-,26-24-. The fourth-order valence-corrected chi connectivity index (χ4v) is 9.29. The number of aliphatic hydroxyl groups is 3. The highest BCUT2D eigenvalue weighted by molar-refractivity contribution is 5.73. The van der Waals surface area contributed by atoms with Crippen LogP contribution in [0, 0.1) is 0 Å². The van der Waals surface area contributed by atoms with Crippen molar-refractivity contribution in [2.24, 2.45) is 0 Å². The van der Waals surface area contributed by atoms with Crippen molar-refractivity contribution in [2.45, 2.75) is 314 Å². The van der Waals surface area contributed by atoms with Gasteiger partial charge in [-0.3, -0.25) is 9.59 Å². The number of ether oxygens (including phenoxy) is 4. The molecule has 0 amide bonds. The van der Waals surface area contributed by atoms with Crippen molar-refractivity contribution >= 4 is 17.9 Å². The van der Waals surface area contributed by atoms with Crippen molar-refractivity contribution in [3.05, 3.63) is 48.6 Å². The molecule has 0 aliphatic carbocycles. The summed E-state index contributed by atoms with van der Waals surface area (Å²) in [7, 11) is 0. The zero-order chi connectivity index (χ0) is 53.1. The maximum Gasteiger partial charge on any atom is 0.335 e. The minimum absolute atomic E-state index is 0.185. The Kier molecular flexibility index (Phi) is 47.9. The molecule has 11 nitrogen and oxygen atoms in total. The Labute approximate surface area is 445 Å². The van der Waals surface area contributed by atoms with Crippen molar-refractivity contribution in [3.63, 3.8) is 0 Å². The van der Waals surface area contributed by atoms with E-state index in [4.69, 9.17) is 18.9 Å². The first-order valence-electron chi connectivity index (χ1n) is 30.2. The molecule has 11 heteroatoms. The second kappa shape index (κ2) is 51.3. The first-order valence-corrected chi connectivity index (χ1v) is 30.2. The molecule has 0 radical (unpaired) electrons. The quantitative estimate of drug-likeness (QED) is 0.0260. The number of carboxylic acids is 1. The zero-order valence-corrected chi connectivity index (χ0v) is 46.6. The lowest BCUT2D eigenvalue weighted by atomic mass is 9.99. The van der Waals surface area contributed by atoms with Crippen LogP contribution in [0.1, 0.15) is 277 Å². The highest BCUT2D eigenvalue weighted by Gasteiger charge is 2.47. The van der Waals surface area contributed by atoms with Gasteiger partial charge in [-0.15, -0.1) is 0 Å². The van der Waals surface area contributed by atoms with Crippen LogP contribution in [0.15, 0.2) is 48.6 Å². The van der Waals surface area contributed by atoms with Crippen molar-refractivity contribution in [1.82, 2.24) is 0 Å². The van der Waals surface area contributed by atoms with Gasteiger partial charge in [-0.2, -0.15) is 0 Å². The van der Waals surface area contributed by atoms with E-state index in [-0.39, 0.29) is 26.1 Å². The van der Waals surface area contributed by atoms with Gasteiger partial charge in [-0.25, -0.2) is 4.79 Å². The highest BCUT2D eigenvalue weighted by Crippen LogP contribution is 2.23. The Hall–Kier alpha value is -2.83. The van der Waals surface area contributed by atoms with Gasteiger partial charge in [0.15, 0.2) is 18.5 Å². The minimum atomic E-state index is -1.86. The summed E-state index contributed by atoms with van der Waals surface area (Å²) in [5.41, 5.74) is 0. The molecule has 4 N–H and O–H groups in total. The summed E-state index contributed by atoms with van der Waals surface area (Å²) in [6.45, 7) is 3.76. The van der Waals surface area contributed by atoms with Crippen LogP contribution in [0.4, 0.5) is 0 Å². The van der Waals surface area contributed by atoms with Crippen molar-refractivity contribution in [1.29, 1.82) is 0 Å². The van der Waals surface area contributed by atoms with Gasteiger partial charge in [0.2, 0.25) is 0 Å². The molecule has 6 atom stereocenters. The van der Waals surface area contributed by atoms with Gasteiger partial charge in [0.05, 0.1) is 6.61 Å². The van der Waals surface area contributed by atoms with Gasteiger partial charge >= 0.3 is 17.9 Å². The van der Waals surface area contributed by atoms with Gasteiger partial charge < -0.3 is 39.4 Å². The predicted octanol–water partition coefficient (Wildman–Crippen LogP) is 15.6. The Morgan fingerprint density at radius 3 is 1.22 bits per heavy atom. The van der Waals surface area contributed by atoms with E-state index in [1.54, 1.807) is 0 Å². The molecular weight excluding hydrogens is 921 g/mol. The van der Waals surface area contributed by atoms with Gasteiger partial charge in [-0.05, 0) is 51.4 Å². The number of hydrogen-bond acceptors (Lipinski definition) is 10. The van der Waals surface area contributed by atoms with E-state index in [2.05, 4.69) is 62.5 Å². The van der Waals surface area contributed by atoms with E-state index in [0.29, 0.717) is 12.8 Å². The van der Waals surface area contributed by atoms with E-state index >= 15 is 0 Å². The first kappa shape index (κ1) is 68.2. The third-order valence-electron chi connectivity index (χ3n) is 13.9. The average Bonchev–Trinajstić information content (AvgIpc) is 3.38. The number of rotatable bonds is 52. The van der Waals surface area contributed by atoms with Gasteiger partial charge in [0.25, 0.3) is 0 Å². The van der Waals surface area contributed by atoms with Crippen LogP contribution in [0.25, 0.3) is 0 Å². The Balaban J connectivity index is 2.21. The molecule has 73 heavy (non-hydrogen) atoms. The molecule has 1 aliphatic rings. The molecule has 0 spiro atoms. The Morgan fingerprint density at radius 2 is 0.808 bits per heavy atom. The van der Waals surface area contributed by atoms with E-state index in [1.807, 2.05) is 0 Å². The molecule has 0 aromatic heterocycles. The maximum atomic E-state index is 12.9. The van der Waals surface area contributed by atoms with E-state index in [1.165, 1.54) is 167 Å². The molecule has 1 fully saturated rings. The number of unbranched alkanes of at least 4 members (excludes halogenated alkanes) is 33. The molecule has 1 aliphatic heterocycles. The molecule has 424 valence electrons. The number of hydrogen-bond donors (Lipinski definition) is 4. The second-order valence-corrected chi connectivity index (χ2v) is 20.8. The average molecular weight is 1030 g/mol. The maximum absolute atomic E-state index is 12.9. The molecule has 0 aromatic carbocycles. The van der Waals surface area contributed by atoms with E-state index in [9.17, 15) is 34.8 Å². The third kappa shape index (κ3) is 42.0. The molecule has 1 heterocycles. The van der Waals surface area contributed by atoms with Crippen LogP contribution in [0.2, 0.25) is 0 Å². The first-order chi connectivity index (χ1) is 35.7. The summed E-state index contributed by atoms with van der Waals surface area (Å²) in [6.07, 6.45) is 56.0. The van der Waals surface area contributed by atoms with Crippen LogP contribution < -0.4 is 0 Å². The monoisotopic (exact) mass is 1030 g/mol. The third-order valence-corrected chi connectivity index (χ3v) is 13.9. The number of carboxylic acid groups (broad SMARTS) is 1. The summed E-state index contributed by atoms with van der Waals surface area (Å²) in [4.78, 5) is 37.2. The largest absolute Gasteiger partial charge is 0.479 e. The number of aliphatic carboxylic acids is 1. The molecule has 1 saturated heterocycles. The molecule has 1 rings (SSSR count). The van der Waals surface area contributed by atoms with Crippen LogP contribution in [0.5, 0.6) is 0 Å². The smallest absolute Gasteiger partial charge is 0.335 e. The second-order valence-electron chi connectivity index (χ2n) is 20.8. The highest BCUT2D eigenvalue weighted by atomic mass is 16.7. The summed E-state index contributed by atoms with van der Waals surface area (Å²) < 4.78 is 21.9. The van der Waals surface area contributed by atoms with E-state index in [0.717, 1.165) is 70.6 Å². The summed E-state index contributed by atoms with van der Waals surface area (Å²) in [5, 5.41) is 40.1.